The molecule has 1 fully saturated rings. The Balaban J connectivity index is 1.60. The van der Waals surface area contributed by atoms with Crippen LogP contribution in [0.4, 0.5) is 11.6 Å². The Morgan fingerprint density at radius 3 is 2.65 bits per heavy atom. The summed E-state index contributed by atoms with van der Waals surface area (Å²) >= 11 is 6.74. The van der Waals surface area contributed by atoms with Gasteiger partial charge in [-0.3, -0.25) is 4.72 Å². The van der Waals surface area contributed by atoms with E-state index in [0.717, 1.165) is 30.8 Å². The van der Waals surface area contributed by atoms with E-state index in [1.54, 1.807) is 12.1 Å². The van der Waals surface area contributed by atoms with Crippen molar-refractivity contribution in [1.82, 2.24) is 10.2 Å². The molecule has 0 radical (unpaired) electrons. The smallest absolute Gasteiger partial charge is 0.272 e. The number of anilines is 2. The number of nitrogens with one attached hydrogen (secondary N) is 2. The van der Waals surface area contributed by atoms with Gasteiger partial charge in [0, 0.05) is 13.2 Å². The first-order valence-electron chi connectivity index (χ1n) is 7.00. The Morgan fingerprint density at radius 1 is 1.26 bits per heavy atom. The van der Waals surface area contributed by atoms with Gasteiger partial charge in [0.05, 0.1) is 10.4 Å². The van der Waals surface area contributed by atoms with Gasteiger partial charge >= 0.3 is 0 Å². The molecule has 1 saturated heterocycles. The van der Waals surface area contributed by atoms with Gasteiger partial charge in [0.1, 0.15) is 10.0 Å². The molecule has 3 rings (SSSR count). The zero-order chi connectivity index (χ0) is 16.3. The van der Waals surface area contributed by atoms with Crippen LogP contribution in [0, 0.1) is 0 Å². The number of nitrogens with zero attached hydrogens (tertiary/aromatic N) is 2. The van der Waals surface area contributed by atoms with Crippen molar-refractivity contribution in [1.29, 1.82) is 0 Å². The van der Waals surface area contributed by atoms with Gasteiger partial charge < -0.3 is 10.1 Å². The van der Waals surface area contributed by atoms with Gasteiger partial charge in [-0.05, 0) is 37.1 Å². The van der Waals surface area contributed by atoms with Crippen LogP contribution in [0.25, 0.3) is 0 Å². The molecule has 1 atom stereocenters. The van der Waals surface area contributed by atoms with Crippen LogP contribution >= 0.6 is 22.9 Å². The van der Waals surface area contributed by atoms with Crippen molar-refractivity contribution < 1.29 is 13.2 Å². The summed E-state index contributed by atoms with van der Waals surface area (Å²) in [6, 6.07) is 6.20. The molecule has 124 valence electrons. The zero-order valence-corrected chi connectivity index (χ0v) is 14.4. The van der Waals surface area contributed by atoms with Crippen molar-refractivity contribution in [3.63, 3.8) is 0 Å². The van der Waals surface area contributed by atoms with E-state index in [4.69, 9.17) is 16.3 Å². The predicted molar refractivity (Wildman–Crippen MR) is 89.6 cm³/mol. The zero-order valence-electron chi connectivity index (χ0n) is 12.0. The molecular formula is C13H15ClN4O3S2. The highest BCUT2D eigenvalue weighted by atomic mass is 35.5. The summed E-state index contributed by atoms with van der Waals surface area (Å²) < 4.78 is 32.7. The Bertz CT molecular complexity index is 758. The molecule has 2 N–H and O–H groups in total. The number of ether oxygens (including phenoxy) is 1. The third kappa shape index (κ3) is 4.31. The molecule has 7 nitrogen and oxygen atoms in total. The van der Waals surface area contributed by atoms with Crippen LogP contribution < -0.4 is 10.0 Å². The summed E-state index contributed by atoms with van der Waals surface area (Å²) in [6.45, 7) is 1.46. The van der Waals surface area contributed by atoms with Gasteiger partial charge in [-0.2, -0.15) is 0 Å². The van der Waals surface area contributed by atoms with E-state index in [1.807, 2.05) is 0 Å². The summed E-state index contributed by atoms with van der Waals surface area (Å²) in [5, 5.41) is 10.9. The van der Waals surface area contributed by atoms with Gasteiger partial charge in [0.2, 0.25) is 0 Å². The van der Waals surface area contributed by atoms with Gasteiger partial charge in [0.15, 0.2) is 5.82 Å². The first-order valence-corrected chi connectivity index (χ1v) is 9.68. The van der Waals surface area contributed by atoms with Crippen LogP contribution in [0.3, 0.4) is 0 Å². The molecule has 0 spiro atoms. The number of rotatable bonds is 6. The van der Waals surface area contributed by atoms with E-state index in [2.05, 4.69) is 20.2 Å². The van der Waals surface area contributed by atoms with Gasteiger partial charge in [0.25, 0.3) is 10.0 Å². The van der Waals surface area contributed by atoms with Crippen LogP contribution in [0.1, 0.15) is 12.8 Å². The lowest BCUT2D eigenvalue weighted by atomic mass is 10.2. The first kappa shape index (κ1) is 16.4. The van der Waals surface area contributed by atoms with Crippen LogP contribution in [-0.2, 0) is 14.8 Å². The summed E-state index contributed by atoms with van der Waals surface area (Å²) in [5.41, 5.74) is 0. The second-order valence-electron chi connectivity index (χ2n) is 4.98. The summed E-state index contributed by atoms with van der Waals surface area (Å²) in [6.07, 6.45) is 2.30. The van der Waals surface area contributed by atoms with Crippen molar-refractivity contribution in [3.8, 4) is 0 Å². The minimum Gasteiger partial charge on any atom is -0.376 e. The highest BCUT2D eigenvalue weighted by Gasteiger charge is 2.18. The largest absolute Gasteiger partial charge is 0.376 e. The number of thiophene rings is 1. The van der Waals surface area contributed by atoms with Crippen LogP contribution in [-0.4, -0.2) is 37.9 Å². The molecule has 3 heterocycles. The monoisotopic (exact) mass is 374 g/mol. The van der Waals surface area contributed by atoms with Crippen LogP contribution in [0.5, 0.6) is 0 Å². The van der Waals surface area contributed by atoms with Crippen molar-refractivity contribution >= 4 is 44.6 Å². The molecule has 0 aromatic carbocycles. The maximum Gasteiger partial charge on any atom is 0.272 e. The summed E-state index contributed by atoms with van der Waals surface area (Å²) in [4.78, 5) is 0. The number of hydrogen-bond acceptors (Lipinski definition) is 7. The highest BCUT2D eigenvalue weighted by Crippen LogP contribution is 2.26. The van der Waals surface area contributed by atoms with Crippen molar-refractivity contribution in [3.05, 3.63) is 28.6 Å². The molecule has 1 aliphatic heterocycles. The number of hydrogen-bond donors (Lipinski definition) is 2. The Morgan fingerprint density at radius 2 is 2.04 bits per heavy atom. The molecule has 2 aromatic rings. The SMILES string of the molecule is O=S(=O)(Nc1ccc(NCC2CCCO2)nn1)c1ccc(Cl)s1. The number of halogens is 1. The van der Waals surface area contributed by atoms with Crippen LogP contribution in [0.15, 0.2) is 28.5 Å². The molecular weight excluding hydrogens is 360 g/mol. The molecule has 0 amide bonds. The maximum absolute atomic E-state index is 12.1. The molecule has 1 unspecified atom stereocenters. The molecule has 2 aromatic heterocycles. The van der Waals surface area contributed by atoms with Crippen molar-refractivity contribution in [2.45, 2.75) is 23.2 Å². The Labute approximate surface area is 143 Å². The molecule has 1 aliphatic rings. The van der Waals surface area contributed by atoms with Gasteiger partial charge in [-0.15, -0.1) is 21.5 Å². The standard InChI is InChI=1S/C13H15ClN4O3S2/c14-10-3-6-13(22-10)23(19,20)18-12-5-4-11(16-17-12)15-8-9-2-1-7-21-9/h3-6,9H,1-2,7-8H2,(H,15,16)(H,17,18). The van der Waals surface area contributed by atoms with E-state index >= 15 is 0 Å². The predicted octanol–water partition coefficient (Wildman–Crippen LogP) is 2.58. The van der Waals surface area contributed by atoms with E-state index in [0.29, 0.717) is 16.7 Å². The Hall–Kier alpha value is -1.42. The first-order chi connectivity index (χ1) is 11.0. The quantitative estimate of drug-likeness (QED) is 0.807. The minimum atomic E-state index is -3.69. The second-order valence-corrected chi connectivity index (χ2v) is 8.61. The molecule has 0 bridgehead atoms. The fourth-order valence-electron chi connectivity index (χ4n) is 2.13. The lowest BCUT2D eigenvalue weighted by Crippen LogP contribution is -2.19. The number of sulfonamides is 1. The van der Waals surface area contributed by atoms with E-state index < -0.39 is 10.0 Å². The molecule has 0 aliphatic carbocycles. The second kappa shape index (κ2) is 7.00. The third-order valence-electron chi connectivity index (χ3n) is 3.25. The van der Waals surface area contributed by atoms with Crippen molar-refractivity contribution in [2.24, 2.45) is 0 Å². The van der Waals surface area contributed by atoms with Crippen LogP contribution in [0.2, 0.25) is 4.34 Å². The normalized spacial score (nSPS) is 18.0. The van der Waals surface area contributed by atoms with Gasteiger partial charge in [-0.25, -0.2) is 8.42 Å². The molecule has 10 heteroatoms. The third-order valence-corrected chi connectivity index (χ3v) is 6.33. The average molecular weight is 375 g/mol. The van der Waals surface area contributed by atoms with Gasteiger partial charge in [-0.1, -0.05) is 11.6 Å². The average Bonchev–Trinajstić information content (AvgIpc) is 3.18. The highest BCUT2D eigenvalue weighted by molar-refractivity contribution is 7.94. The molecule has 23 heavy (non-hydrogen) atoms. The fourth-order valence-corrected chi connectivity index (χ4v) is 4.61. The van der Waals surface area contributed by atoms with Crippen molar-refractivity contribution in [2.75, 3.05) is 23.2 Å². The molecule has 0 saturated carbocycles. The fraction of sp³-hybridized carbons (Fsp3) is 0.385. The summed E-state index contributed by atoms with van der Waals surface area (Å²) in [5.74, 6) is 0.722. The summed E-state index contributed by atoms with van der Waals surface area (Å²) in [7, 11) is -3.69. The lowest BCUT2D eigenvalue weighted by molar-refractivity contribution is 0.120. The Kier molecular flexibility index (Phi) is 5.00. The number of aromatic nitrogens is 2. The van der Waals surface area contributed by atoms with E-state index in [-0.39, 0.29) is 16.1 Å². The minimum absolute atomic E-state index is 0.130. The van der Waals surface area contributed by atoms with E-state index in [9.17, 15) is 8.42 Å². The topological polar surface area (TPSA) is 93.2 Å². The maximum atomic E-state index is 12.1. The lowest BCUT2D eigenvalue weighted by Gasteiger charge is -2.11. The van der Waals surface area contributed by atoms with E-state index in [1.165, 1.54) is 12.1 Å².